The van der Waals surface area contributed by atoms with Crippen molar-refractivity contribution in [2.45, 2.75) is 18.3 Å². The number of alkyl halides is 3. The van der Waals surface area contributed by atoms with E-state index in [9.17, 15) is 18.0 Å². The zero-order valence-electron chi connectivity index (χ0n) is 7.88. The number of hydrogen-bond acceptors (Lipinski definition) is 3. The Kier molecular flexibility index (Phi) is 2.59. The van der Waals surface area contributed by atoms with Crippen LogP contribution in [0.15, 0.2) is 0 Å². The van der Waals surface area contributed by atoms with E-state index in [0.29, 0.717) is 13.1 Å². The summed E-state index contributed by atoms with van der Waals surface area (Å²) in [6.45, 7) is 1.06. The maximum Gasteiger partial charge on any atom is 0.471 e. The second kappa shape index (κ2) is 3.64. The lowest BCUT2D eigenvalue weighted by Gasteiger charge is -2.37. The van der Waals surface area contributed by atoms with Gasteiger partial charge in [-0.3, -0.25) is 4.79 Å². The van der Waals surface area contributed by atoms with Crippen LogP contribution in [0, 0.1) is 0 Å². The minimum Gasteiger partial charge on any atom is -0.373 e. The molecule has 0 bridgehead atoms. The van der Waals surface area contributed by atoms with Gasteiger partial charge in [0.15, 0.2) is 0 Å². The van der Waals surface area contributed by atoms with E-state index in [1.165, 1.54) is 0 Å². The van der Waals surface area contributed by atoms with Gasteiger partial charge in [-0.2, -0.15) is 13.2 Å². The Morgan fingerprint density at radius 2 is 2.13 bits per heavy atom. The summed E-state index contributed by atoms with van der Waals surface area (Å²) in [5.41, 5.74) is 0. The summed E-state index contributed by atoms with van der Waals surface area (Å²) in [6, 6.07) is -0.479. The first-order valence-corrected chi connectivity index (χ1v) is 4.70. The number of carbonyl (C=O) groups excluding carboxylic acids is 1. The van der Waals surface area contributed by atoms with Crippen molar-refractivity contribution in [2.75, 3.05) is 26.2 Å². The second-order valence-corrected chi connectivity index (χ2v) is 3.63. The molecule has 0 unspecified atom stereocenters. The molecule has 0 aromatic carbocycles. The first-order valence-electron chi connectivity index (χ1n) is 4.70. The van der Waals surface area contributed by atoms with Gasteiger partial charge in [-0.25, -0.2) is 0 Å². The molecule has 4 nitrogen and oxygen atoms in total. The van der Waals surface area contributed by atoms with Gasteiger partial charge < -0.3 is 15.0 Å². The average Bonchev–Trinajstić information content (AvgIpc) is 2.62. The SMILES string of the molecule is O=C(N1CCO[C@@H]2CNC[C@H]21)C(F)(F)F. The van der Waals surface area contributed by atoms with Crippen LogP contribution in [0.1, 0.15) is 0 Å². The fourth-order valence-electron chi connectivity index (χ4n) is 2.01. The van der Waals surface area contributed by atoms with Gasteiger partial charge in [0.05, 0.1) is 18.8 Å². The molecule has 0 aliphatic carbocycles. The highest BCUT2D eigenvalue weighted by Crippen LogP contribution is 2.24. The highest BCUT2D eigenvalue weighted by molar-refractivity contribution is 5.82. The van der Waals surface area contributed by atoms with E-state index in [1.807, 2.05) is 0 Å². The van der Waals surface area contributed by atoms with E-state index in [0.717, 1.165) is 4.90 Å². The van der Waals surface area contributed by atoms with Crippen LogP contribution in [-0.4, -0.2) is 55.4 Å². The monoisotopic (exact) mass is 224 g/mol. The topological polar surface area (TPSA) is 41.6 Å². The molecule has 2 aliphatic heterocycles. The number of halogens is 3. The van der Waals surface area contributed by atoms with Crippen LogP contribution in [0.2, 0.25) is 0 Å². The zero-order chi connectivity index (χ0) is 11.1. The van der Waals surface area contributed by atoms with Crippen molar-refractivity contribution in [3.05, 3.63) is 0 Å². The molecule has 2 heterocycles. The van der Waals surface area contributed by atoms with Crippen molar-refractivity contribution >= 4 is 5.91 Å². The molecule has 0 spiro atoms. The molecule has 0 saturated carbocycles. The van der Waals surface area contributed by atoms with Gasteiger partial charge in [-0.1, -0.05) is 0 Å². The molecule has 15 heavy (non-hydrogen) atoms. The van der Waals surface area contributed by atoms with Crippen LogP contribution in [-0.2, 0) is 9.53 Å². The number of rotatable bonds is 0. The summed E-state index contributed by atoms with van der Waals surface area (Å²) in [5.74, 6) is -1.76. The molecular weight excluding hydrogens is 213 g/mol. The Balaban J connectivity index is 2.11. The summed E-state index contributed by atoms with van der Waals surface area (Å²) in [5, 5.41) is 2.91. The Morgan fingerprint density at radius 3 is 2.80 bits per heavy atom. The van der Waals surface area contributed by atoms with Crippen LogP contribution in [0.3, 0.4) is 0 Å². The van der Waals surface area contributed by atoms with E-state index in [4.69, 9.17) is 4.74 Å². The summed E-state index contributed by atoms with van der Waals surface area (Å²) < 4.78 is 42.0. The Hall–Kier alpha value is -0.820. The molecule has 1 amide bonds. The quantitative estimate of drug-likeness (QED) is 0.616. The predicted octanol–water partition coefficient (Wildman–Crippen LogP) is -0.252. The maximum atomic E-state index is 12.2. The molecule has 1 N–H and O–H groups in total. The summed E-state index contributed by atoms with van der Waals surface area (Å²) in [6.07, 6.45) is -5.09. The number of ether oxygens (including phenoxy) is 1. The minimum absolute atomic E-state index is 0.0151. The van der Waals surface area contributed by atoms with Crippen LogP contribution < -0.4 is 5.32 Å². The van der Waals surface area contributed by atoms with Gasteiger partial charge in [0, 0.05) is 19.6 Å². The van der Waals surface area contributed by atoms with E-state index >= 15 is 0 Å². The number of carbonyl (C=O) groups is 1. The smallest absolute Gasteiger partial charge is 0.373 e. The van der Waals surface area contributed by atoms with Gasteiger partial charge in [0.25, 0.3) is 0 Å². The fourth-order valence-corrected chi connectivity index (χ4v) is 2.01. The van der Waals surface area contributed by atoms with Gasteiger partial charge in [0.2, 0.25) is 0 Å². The summed E-state index contributed by atoms with van der Waals surface area (Å²) in [4.78, 5) is 11.9. The predicted molar refractivity (Wildman–Crippen MR) is 44.2 cm³/mol. The maximum absolute atomic E-state index is 12.2. The standard InChI is InChI=1S/C8H11F3N2O2/c9-8(10,11)7(14)13-1-2-15-6-4-12-3-5(6)13/h5-6,12H,1-4H2/t5-,6-/m1/s1. The van der Waals surface area contributed by atoms with Crippen LogP contribution >= 0.6 is 0 Å². The van der Waals surface area contributed by atoms with Crippen LogP contribution in [0.4, 0.5) is 13.2 Å². The molecular formula is C8H11F3N2O2. The number of fused-ring (bicyclic) bond motifs is 1. The molecule has 7 heteroatoms. The summed E-state index contributed by atoms with van der Waals surface area (Å²) in [7, 11) is 0. The first kappa shape index (κ1) is 10.7. The first-order chi connectivity index (χ1) is 7.00. The fraction of sp³-hybridized carbons (Fsp3) is 0.875. The van der Waals surface area contributed by atoms with Crippen molar-refractivity contribution < 1.29 is 22.7 Å². The third kappa shape index (κ3) is 1.93. The Labute approximate surface area is 84.4 Å². The lowest BCUT2D eigenvalue weighted by molar-refractivity contribution is -0.194. The number of nitrogens with zero attached hydrogens (tertiary/aromatic N) is 1. The highest BCUT2D eigenvalue weighted by atomic mass is 19.4. The van der Waals surface area contributed by atoms with Crippen molar-refractivity contribution in [2.24, 2.45) is 0 Å². The van der Waals surface area contributed by atoms with Crippen LogP contribution in [0.5, 0.6) is 0 Å². The Morgan fingerprint density at radius 1 is 1.40 bits per heavy atom. The molecule has 2 fully saturated rings. The number of hydrogen-bond donors (Lipinski definition) is 1. The molecule has 86 valence electrons. The molecule has 2 aliphatic rings. The molecule has 2 atom stereocenters. The Bertz CT molecular complexity index is 269. The minimum atomic E-state index is -4.79. The van der Waals surface area contributed by atoms with Gasteiger partial charge >= 0.3 is 12.1 Å². The largest absolute Gasteiger partial charge is 0.471 e. The van der Waals surface area contributed by atoms with Gasteiger partial charge in [-0.15, -0.1) is 0 Å². The van der Waals surface area contributed by atoms with Crippen molar-refractivity contribution in [1.29, 1.82) is 0 Å². The molecule has 0 radical (unpaired) electrons. The van der Waals surface area contributed by atoms with Crippen molar-refractivity contribution in [3.8, 4) is 0 Å². The normalized spacial score (nSPS) is 31.5. The number of morpholine rings is 1. The van der Waals surface area contributed by atoms with Crippen molar-refractivity contribution in [3.63, 3.8) is 0 Å². The highest BCUT2D eigenvalue weighted by Gasteiger charge is 2.48. The number of nitrogens with one attached hydrogen (secondary N) is 1. The average molecular weight is 224 g/mol. The van der Waals surface area contributed by atoms with E-state index in [1.54, 1.807) is 0 Å². The van der Waals surface area contributed by atoms with Gasteiger partial charge in [0.1, 0.15) is 0 Å². The second-order valence-electron chi connectivity index (χ2n) is 3.63. The lowest BCUT2D eigenvalue weighted by atomic mass is 10.1. The molecule has 0 aromatic heterocycles. The number of amides is 1. The third-order valence-electron chi connectivity index (χ3n) is 2.70. The third-order valence-corrected chi connectivity index (χ3v) is 2.70. The van der Waals surface area contributed by atoms with E-state index in [2.05, 4.69) is 5.32 Å². The summed E-state index contributed by atoms with van der Waals surface area (Å²) >= 11 is 0. The molecule has 0 aromatic rings. The van der Waals surface area contributed by atoms with Crippen molar-refractivity contribution in [1.82, 2.24) is 10.2 Å². The molecule has 2 saturated heterocycles. The van der Waals surface area contributed by atoms with E-state index < -0.39 is 18.1 Å². The van der Waals surface area contributed by atoms with Crippen LogP contribution in [0.25, 0.3) is 0 Å². The lowest BCUT2D eigenvalue weighted by Crippen LogP contribution is -2.56. The zero-order valence-corrected chi connectivity index (χ0v) is 7.88. The van der Waals surface area contributed by atoms with E-state index in [-0.39, 0.29) is 19.3 Å². The van der Waals surface area contributed by atoms with Gasteiger partial charge in [-0.05, 0) is 0 Å². The molecule has 2 rings (SSSR count).